The van der Waals surface area contributed by atoms with Crippen molar-refractivity contribution in [1.29, 1.82) is 0 Å². The summed E-state index contributed by atoms with van der Waals surface area (Å²) in [6, 6.07) is 0. The molecule has 0 amide bonds. The molecular formula is C9H14O. The first-order chi connectivity index (χ1) is 4.59. The minimum Gasteiger partial charge on any atom is -0.507 e. The Labute approximate surface area is 62.4 Å². The van der Waals surface area contributed by atoms with Crippen LogP contribution in [0.1, 0.15) is 20.8 Å². The third-order valence-electron chi connectivity index (χ3n) is 1.19. The predicted molar refractivity (Wildman–Crippen MR) is 45.0 cm³/mol. The number of aliphatic hydroxyl groups is 1. The molecule has 0 saturated heterocycles. The van der Waals surface area contributed by atoms with Gasteiger partial charge in [0.2, 0.25) is 0 Å². The second-order valence-corrected chi connectivity index (χ2v) is 2.31. The van der Waals surface area contributed by atoms with Gasteiger partial charge >= 0.3 is 0 Å². The van der Waals surface area contributed by atoms with Gasteiger partial charge in [0.05, 0.1) is 0 Å². The zero-order valence-corrected chi connectivity index (χ0v) is 6.81. The molecule has 0 fully saturated rings. The van der Waals surface area contributed by atoms with Crippen LogP contribution >= 0.6 is 0 Å². The van der Waals surface area contributed by atoms with Crippen molar-refractivity contribution in [3.63, 3.8) is 0 Å². The Kier molecular flexibility index (Phi) is 3.55. The first-order valence-corrected chi connectivity index (χ1v) is 3.28. The predicted octanol–water partition coefficient (Wildman–Crippen LogP) is 2.97. The van der Waals surface area contributed by atoms with E-state index in [1.54, 1.807) is 6.92 Å². The topological polar surface area (TPSA) is 20.2 Å². The molecule has 1 nitrogen and oxygen atoms in total. The van der Waals surface area contributed by atoms with Crippen molar-refractivity contribution in [2.75, 3.05) is 0 Å². The lowest BCUT2D eigenvalue weighted by Gasteiger charge is -1.99. The third-order valence-corrected chi connectivity index (χ3v) is 1.19. The number of rotatable bonds is 2. The van der Waals surface area contributed by atoms with Gasteiger partial charge in [-0.1, -0.05) is 18.7 Å². The number of hydrogen-bond acceptors (Lipinski definition) is 1. The lowest BCUT2D eigenvalue weighted by molar-refractivity contribution is 0.419. The fourth-order valence-electron chi connectivity index (χ4n) is 0.666. The molecule has 0 spiro atoms. The molecular weight excluding hydrogens is 124 g/mol. The summed E-state index contributed by atoms with van der Waals surface area (Å²) in [7, 11) is 0. The van der Waals surface area contributed by atoms with Crippen molar-refractivity contribution in [2.24, 2.45) is 0 Å². The van der Waals surface area contributed by atoms with Gasteiger partial charge in [-0.25, -0.2) is 0 Å². The van der Waals surface area contributed by atoms with Gasteiger partial charge in [-0.3, -0.25) is 0 Å². The summed E-state index contributed by atoms with van der Waals surface area (Å²) in [4.78, 5) is 0. The third kappa shape index (κ3) is 2.53. The van der Waals surface area contributed by atoms with E-state index in [0.29, 0.717) is 5.57 Å². The lowest BCUT2D eigenvalue weighted by Crippen LogP contribution is -1.84. The lowest BCUT2D eigenvalue weighted by atomic mass is 10.1. The quantitative estimate of drug-likeness (QED) is 0.459. The van der Waals surface area contributed by atoms with Gasteiger partial charge in [0.25, 0.3) is 0 Å². The van der Waals surface area contributed by atoms with Gasteiger partial charge < -0.3 is 5.11 Å². The summed E-state index contributed by atoms with van der Waals surface area (Å²) < 4.78 is 0. The number of hydrogen-bond donors (Lipinski definition) is 1. The van der Waals surface area contributed by atoms with Gasteiger partial charge in [-0.15, -0.1) is 0 Å². The van der Waals surface area contributed by atoms with E-state index in [2.05, 4.69) is 6.58 Å². The van der Waals surface area contributed by atoms with Gasteiger partial charge in [-0.05, 0) is 31.9 Å². The Balaban J connectivity index is 4.50. The maximum absolute atomic E-state index is 9.25. The van der Waals surface area contributed by atoms with E-state index in [1.165, 1.54) is 0 Å². The molecule has 0 bridgehead atoms. The summed E-state index contributed by atoms with van der Waals surface area (Å²) >= 11 is 0. The van der Waals surface area contributed by atoms with Crippen LogP contribution in [0.15, 0.2) is 35.6 Å². The van der Waals surface area contributed by atoms with Gasteiger partial charge in [0, 0.05) is 0 Å². The van der Waals surface area contributed by atoms with Crippen LogP contribution in [0.4, 0.5) is 0 Å². The van der Waals surface area contributed by atoms with Crippen LogP contribution in [0, 0.1) is 0 Å². The fourth-order valence-corrected chi connectivity index (χ4v) is 0.666. The van der Waals surface area contributed by atoms with Crippen LogP contribution in [0.3, 0.4) is 0 Å². The highest BCUT2D eigenvalue weighted by atomic mass is 16.3. The van der Waals surface area contributed by atoms with Crippen LogP contribution in [-0.2, 0) is 0 Å². The Bertz CT molecular complexity index is 185. The Morgan fingerprint density at radius 1 is 1.40 bits per heavy atom. The zero-order chi connectivity index (χ0) is 8.15. The number of allylic oxidation sites excluding steroid dienone is 4. The normalized spacial score (nSPS) is 13.5. The largest absolute Gasteiger partial charge is 0.507 e. The highest BCUT2D eigenvalue weighted by molar-refractivity contribution is 5.30. The SMILES string of the molecule is C=C(C)/C(O)=C(C)/C=C\C. The van der Waals surface area contributed by atoms with Crippen LogP contribution < -0.4 is 0 Å². The Hall–Kier alpha value is -0.980. The molecule has 0 saturated carbocycles. The maximum Gasteiger partial charge on any atom is 0.120 e. The molecule has 1 heteroatoms. The smallest absolute Gasteiger partial charge is 0.120 e. The molecule has 0 aromatic carbocycles. The van der Waals surface area contributed by atoms with Crippen LogP contribution in [-0.4, -0.2) is 5.11 Å². The molecule has 0 rings (SSSR count). The maximum atomic E-state index is 9.25. The molecule has 1 N–H and O–H groups in total. The Morgan fingerprint density at radius 3 is 2.20 bits per heavy atom. The molecule has 0 atom stereocenters. The molecule has 0 unspecified atom stereocenters. The summed E-state index contributed by atoms with van der Waals surface area (Å²) in [5.74, 6) is 0.290. The molecule has 0 radical (unpaired) electrons. The second kappa shape index (κ2) is 3.94. The highest BCUT2D eigenvalue weighted by Gasteiger charge is 1.95. The van der Waals surface area contributed by atoms with Crippen LogP contribution in [0.5, 0.6) is 0 Å². The fraction of sp³-hybridized carbons (Fsp3) is 0.333. The highest BCUT2D eigenvalue weighted by Crippen LogP contribution is 2.09. The summed E-state index contributed by atoms with van der Waals surface area (Å²) in [6.07, 6.45) is 3.73. The minimum atomic E-state index is 0.290. The minimum absolute atomic E-state index is 0.290. The molecule has 56 valence electrons. The molecule has 0 heterocycles. The monoisotopic (exact) mass is 138 g/mol. The standard InChI is InChI=1S/C9H14O/c1-5-6-8(4)9(10)7(2)3/h5-6,10H,2H2,1,3-4H3/b6-5-,9-8-. The summed E-state index contributed by atoms with van der Waals surface area (Å²) in [5, 5.41) is 9.25. The van der Waals surface area contributed by atoms with E-state index in [9.17, 15) is 5.11 Å². The van der Waals surface area contributed by atoms with Crippen molar-refractivity contribution in [1.82, 2.24) is 0 Å². The first kappa shape index (κ1) is 9.02. The van der Waals surface area contributed by atoms with Gasteiger partial charge in [0.1, 0.15) is 5.76 Å². The van der Waals surface area contributed by atoms with E-state index in [-0.39, 0.29) is 5.76 Å². The average Bonchev–Trinajstić information content (AvgIpc) is 1.87. The van der Waals surface area contributed by atoms with Crippen LogP contribution in [0.25, 0.3) is 0 Å². The van der Waals surface area contributed by atoms with E-state index in [0.717, 1.165) is 5.57 Å². The summed E-state index contributed by atoms with van der Waals surface area (Å²) in [5.41, 5.74) is 1.56. The van der Waals surface area contributed by atoms with Crippen molar-refractivity contribution in [3.8, 4) is 0 Å². The molecule has 0 aromatic heterocycles. The van der Waals surface area contributed by atoms with Crippen molar-refractivity contribution in [2.45, 2.75) is 20.8 Å². The zero-order valence-electron chi connectivity index (χ0n) is 6.81. The molecule has 0 aliphatic carbocycles. The molecule has 10 heavy (non-hydrogen) atoms. The first-order valence-electron chi connectivity index (χ1n) is 3.28. The van der Waals surface area contributed by atoms with Crippen molar-refractivity contribution < 1.29 is 5.11 Å². The second-order valence-electron chi connectivity index (χ2n) is 2.31. The van der Waals surface area contributed by atoms with Crippen molar-refractivity contribution >= 4 is 0 Å². The molecule has 0 aliphatic rings. The Morgan fingerprint density at radius 2 is 1.90 bits per heavy atom. The molecule has 0 aromatic rings. The van der Waals surface area contributed by atoms with E-state index < -0.39 is 0 Å². The summed E-state index contributed by atoms with van der Waals surface area (Å²) in [6.45, 7) is 9.16. The van der Waals surface area contributed by atoms with Gasteiger partial charge in [0.15, 0.2) is 0 Å². The van der Waals surface area contributed by atoms with E-state index in [4.69, 9.17) is 0 Å². The van der Waals surface area contributed by atoms with Crippen LogP contribution in [0.2, 0.25) is 0 Å². The number of aliphatic hydroxyl groups excluding tert-OH is 1. The molecule has 0 aliphatic heterocycles. The van der Waals surface area contributed by atoms with Gasteiger partial charge in [-0.2, -0.15) is 0 Å². The van der Waals surface area contributed by atoms with E-state index >= 15 is 0 Å². The van der Waals surface area contributed by atoms with E-state index in [1.807, 2.05) is 26.0 Å². The van der Waals surface area contributed by atoms with Crippen molar-refractivity contribution in [3.05, 3.63) is 35.6 Å². The average molecular weight is 138 g/mol.